The number of hydrogen-bond acceptors (Lipinski definition) is 8. The molecule has 1 atom stereocenters. The fraction of sp³-hybridized carbons (Fsp3) is 0.207. The van der Waals surface area contributed by atoms with Gasteiger partial charge in [-0.2, -0.15) is 0 Å². The van der Waals surface area contributed by atoms with E-state index < -0.39 is 16.9 Å². The standard InChI is InChI=1S/C29H24ClN3O6S/c1-15(2)17-5-7-18(8-6-17)26-25(28(35)38-4)16(3)31-29-32(26)27(34)24(40-29)14-20-10-12-23(39-20)21-11-9-19(33(36)37)13-22(21)30/h5-15,26H,1-4H3. The van der Waals surface area contributed by atoms with Gasteiger partial charge in [0.25, 0.3) is 11.2 Å². The van der Waals surface area contributed by atoms with E-state index >= 15 is 0 Å². The molecule has 11 heteroatoms. The number of esters is 1. The molecule has 204 valence electrons. The zero-order chi connectivity index (χ0) is 28.7. The van der Waals surface area contributed by atoms with Crippen molar-refractivity contribution in [1.29, 1.82) is 0 Å². The first-order valence-corrected chi connectivity index (χ1v) is 13.5. The lowest BCUT2D eigenvalue weighted by Crippen LogP contribution is -2.39. The Morgan fingerprint density at radius 1 is 1.20 bits per heavy atom. The van der Waals surface area contributed by atoms with Crippen molar-refractivity contribution in [3.8, 4) is 11.3 Å². The van der Waals surface area contributed by atoms with E-state index in [1.807, 2.05) is 24.3 Å². The maximum Gasteiger partial charge on any atom is 0.338 e. The minimum absolute atomic E-state index is 0.128. The van der Waals surface area contributed by atoms with Gasteiger partial charge in [-0.3, -0.25) is 19.5 Å². The molecule has 0 saturated heterocycles. The first-order valence-electron chi connectivity index (χ1n) is 12.3. The van der Waals surface area contributed by atoms with Crippen LogP contribution in [0.25, 0.3) is 17.4 Å². The summed E-state index contributed by atoms with van der Waals surface area (Å²) in [5.41, 5.74) is 2.70. The van der Waals surface area contributed by atoms with E-state index in [1.165, 1.54) is 41.2 Å². The maximum atomic E-state index is 13.8. The van der Waals surface area contributed by atoms with Gasteiger partial charge in [-0.25, -0.2) is 9.79 Å². The lowest BCUT2D eigenvalue weighted by Gasteiger charge is -2.24. The second kappa shape index (κ2) is 10.7. The van der Waals surface area contributed by atoms with Crippen LogP contribution in [0.4, 0.5) is 5.69 Å². The van der Waals surface area contributed by atoms with Crippen molar-refractivity contribution in [2.24, 2.45) is 4.99 Å². The van der Waals surface area contributed by atoms with Crippen LogP contribution in [-0.2, 0) is 9.53 Å². The topological polar surface area (TPSA) is 117 Å². The largest absolute Gasteiger partial charge is 0.466 e. The smallest absolute Gasteiger partial charge is 0.338 e. The Hall–Kier alpha value is -4.28. The molecule has 0 bridgehead atoms. The van der Waals surface area contributed by atoms with Crippen LogP contribution in [0.5, 0.6) is 0 Å². The molecule has 0 N–H and O–H groups in total. The Kier molecular flexibility index (Phi) is 7.31. The fourth-order valence-electron chi connectivity index (χ4n) is 4.59. The van der Waals surface area contributed by atoms with Gasteiger partial charge in [0.2, 0.25) is 0 Å². The fourth-order valence-corrected chi connectivity index (χ4v) is 5.89. The number of methoxy groups -OCH3 is 1. The molecule has 0 spiro atoms. The highest BCUT2D eigenvalue weighted by Gasteiger charge is 2.33. The number of furan rings is 1. The molecule has 40 heavy (non-hydrogen) atoms. The summed E-state index contributed by atoms with van der Waals surface area (Å²) in [7, 11) is 1.30. The van der Waals surface area contributed by atoms with Crippen LogP contribution >= 0.6 is 22.9 Å². The van der Waals surface area contributed by atoms with Gasteiger partial charge < -0.3 is 9.15 Å². The molecule has 1 unspecified atom stereocenters. The molecular formula is C29H24ClN3O6S. The third-order valence-corrected chi connectivity index (χ3v) is 7.97. The minimum atomic E-state index is -0.710. The zero-order valence-corrected chi connectivity index (χ0v) is 23.6. The summed E-state index contributed by atoms with van der Waals surface area (Å²) in [5, 5.41) is 11.2. The van der Waals surface area contributed by atoms with Gasteiger partial charge in [0.1, 0.15) is 11.5 Å². The van der Waals surface area contributed by atoms with Gasteiger partial charge >= 0.3 is 5.97 Å². The number of benzene rings is 2. The summed E-state index contributed by atoms with van der Waals surface area (Å²) >= 11 is 7.44. The highest BCUT2D eigenvalue weighted by atomic mass is 35.5. The Bertz CT molecular complexity index is 1860. The number of non-ortho nitro benzene ring substituents is 1. The molecule has 0 aliphatic carbocycles. The highest BCUT2D eigenvalue weighted by Crippen LogP contribution is 2.33. The van der Waals surface area contributed by atoms with Crippen molar-refractivity contribution in [3.05, 3.63) is 118 Å². The number of carbonyl (C=O) groups excluding carboxylic acids is 1. The number of rotatable bonds is 6. The molecule has 1 aliphatic heterocycles. The van der Waals surface area contributed by atoms with Crippen molar-refractivity contribution in [2.75, 3.05) is 7.11 Å². The Morgan fingerprint density at radius 2 is 1.93 bits per heavy atom. The van der Waals surface area contributed by atoms with Crippen molar-refractivity contribution in [3.63, 3.8) is 0 Å². The molecule has 4 aromatic rings. The number of nitro benzene ring substituents is 1. The molecule has 9 nitrogen and oxygen atoms in total. The van der Waals surface area contributed by atoms with E-state index in [2.05, 4.69) is 18.8 Å². The number of thiazole rings is 1. The van der Waals surface area contributed by atoms with Crippen LogP contribution in [0.3, 0.4) is 0 Å². The number of hydrogen-bond donors (Lipinski definition) is 0. The lowest BCUT2D eigenvalue weighted by molar-refractivity contribution is -0.384. The summed E-state index contributed by atoms with van der Waals surface area (Å²) in [6.45, 7) is 5.92. The molecule has 0 amide bonds. The number of fused-ring (bicyclic) bond motifs is 1. The summed E-state index contributed by atoms with van der Waals surface area (Å²) in [4.78, 5) is 42.1. The van der Waals surface area contributed by atoms with Crippen molar-refractivity contribution >= 4 is 40.7 Å². The van der Waals surface area contributed by atoms with E-state index in [0.717, 1.165) is 11.1 Å². The number of aromatic nitrogens is 1. The Balaban J connectivity index is 1.60. The molecule has 0 saturated carbocycles. The quantitative estimate of drug-likeness (QED) is 0.173. The Labute approximate surface area is 237 Å². The average Bonchev–Trinajstić information content (AvgIpc) is 3.51. The van der Waals surface area contributed by atoms with E-state index in [1.54, 1.807) is 25.1 Å². The Morgan fingerprint density at radius 3 is 2.55 bits per heavy atom. The monoisotopic (exact) mass is 577 g/mol. The minimum Gasteiger partial charge on any atom is -0.466 e. The van der Waals surface area contributed by atoms with Crippen LogP contribution in [0.1, 0.15) is 49.6 Å². The van der Waals surface area contributed by atoms with Crippen LogP contribution in [-0.4, -0.2) is 22.6 Å². The van der Waals surface area contributed by atoms with Gasteiger partial charge in [-0.1, -0.05) is 61.1 Å². The molecule has 5 rings (SSSR count). The number of carbonyl (C=O) groups is 1. The average molecular weight is 578 g/mol. The highest BCUT2D eigenvalue weighted by molar-refractivity contribution is 7.07. The maximum absolute atomic E-state index is 13.8. The van der Waals surface area contributed by atoms with Gasteiger partial charge in [0.05, 0.1) is 38.9 Å². The second-order valence-electron chi connectivity index (χ2n) is 9.52. The molecule has 3 heterocycles. The number of halogens is 1. The van der Waals surface area contributed by atoms with Crippen LogP contribution in [0.15, 0.2) is 80.1 Å². The van der Waals surface area contributed by atoms with Gasteiger partial charge in [0.15, 0.2) is 4.80 Å². The summed E-state index contributed by atoms with van der Waals surface area (Å²) in [6.07, 6.45) is 1.60. The predicted molar refractivity (Wildman–Crippen MR) is 152 cm³/mol. The van der Waals surface area contributed by atoms with Crippen LogP contribution in [0, 0.1) is 10.1 Å². The number of ether oxygens (including phenoxy) is 1. The zero-order valence-electron chi connectivity index (χ0n) is 22.0. The van der Waals surface area contributed by atoms with E-state index in [0.29, 0.717) is 43.6 Å². The first kappa shape index (κ1) is 27.3. The molecule has 1 aliphatic rings. The third kappa shape index (κ3) is 4.91. The number of nitro groups is 1. The van der Waals surface area contributed by atoms with Gasteiger partial charge in [0, 0.05) is 23.8 Å². The number of nitrogens with zero attached hydrogens (tertiary/aromatic N) is 3. The number of allylic oxidation sites excluding steroid dienone is 1. The molecule has 2 aromatic carbocycles. The van der Waals surface area contributed by atoms with Crippen LogP contribution in [0.2, 0.25) is 5.02 Å². The van der Waals surface area contributed by atoms with Crippen molar-refractivity contribution < 1.29 is 18.9 Å². The SMILES string of the molecule is COC(=O)C1=C(C)N=c2sc(=Cc3ccc(-c4ccc([N+](=O)[O-])cc4Cl)o3)c(=O)n2C1c1ccc(C(C)C)cc1. The molecule has 0 radical (unpaired) electrons. The van der Waals surface area contributed by atoms with Gasteiger partial charge in [-0.15, -0.1) is 0 Å². The summed E-state index contributed by atoms with van der Waals surface area (Å²) in [6, 6.07) is 14.6. The van der Waals surface area contributed by atoms with Crippen molar-refractivity contribution in [2.45, 2.75) is 32.7 Å². The third-order valence-electron chi connectivity index (χ3n) is 6.67. The molecule has 0 fully saturated rings. The molecular weight excluding hydrogens is 554 g/mol. The normalized spacial score (nSPS) is 15.2. The van der Waals surface area contributed by atoms with Crippen LogP contribution < -0.4 is 14.9 Å². The van der Waals surface area contributed by atoms with E-state index in [4.69, 9.17) is 20.8 Å². The first-order chi connectivity index (χ1) is 19.1. The molecule has 2 aromatic heterocycles. The van der Waals surface area contributed by atoms with Crippen molar-refractivity contribution in [1.82, 2.24) is 4.57 Å². The van der Waals surface area contributed by atoms with E-state index in [9.17, 15) is 19.7 Å². The second-order valence-corrected chi connectivity index (χ2v) is 10.9. The predicted octanol–water partition coefficient (Wildman–Crippen LogP) is 5.35. The lowest BCUT2D eigenvalue weighted by atomic mass is 9.93. The summed E-state index contributed by atoms with van der Waals surface area (Å²) in [5.74, 6) is 0.555. The van der Waals surface area contributed by atoms with Gasteiger partial charge in [-0.05, 0) is 42.2 Å². The summed E-state index contributed by atoms with van der Waals surface area (Å²) < 4.78 is 12.9. The van der Waals surface area contributed by atoms with E-state index in [-0.39, 0.29) is 16.3 Å².